The third-order valence-corrected chi connectivity index (χ3v) is 2.34. The molecule has 0 radical (unpaired) electrons. The Morgan fingerprint density at radius 3 is 2.54 bits per heavy atom. The highest BCUT2D eigenvalue weighted by molar-refractivity contribution is 5.74. The number of nitrogens with zero attached hydrogens (tertiary/aromatic N) is 1. The molecule has 1 atom stereocenters. The summed E-state index contributed by atoms with van der Waals surface area (Å²) in [7, 11) is 0. The Kier molecular flexibility index (Phi) is 4.90. The van der Waals surface area contributed by atoms with Crippen molar-refractivity contribution in [1.29, 1.82) is 0 Å². The third-order valence-electron chi connectivity index (χ3n) is 2.34. The van der Waals surface area contributed by atoms with Crippen LogP contribution in [0.4, 0.5) is 0 Å². The minimum Gasteiger partial charge on any atom is -0.498 e. The van der Waals surface area contributed by atoms with Gasteiger partial charge in [-0.1, -0.05) is 20.3 Å². The lowest BCUT2D eigenvalue weighted by Crippen LogP contribution is -2.29. The topological polar surface area (TPSA) is 64.7 Å². The van der Waals surface area contributed by atoms with Crippen molar-refractivity contribution in [2.45, 2.75) is 39.5 Å². The summed E-state index contributed by atoms with van der Waals surface area (Å²) >= 11 is 0. The van der Waals surface area contributed by atoms with Crippen LogP contribution in [0.2, 0.25) is 0 Å². The molecule has 4 nitrogen and oxygen atoms in total. The maximum atomic E-state index is 11.0. The fourth-order valence-corrected chi connectivity index (χ4v) is 1.39. The van der Waals surface area contributed by atoms with Crippen molar-refractivity contribution in [3.8, 4) is 6.07 Å². The highest BCUT2D eigenvalue weighted by atomic mass is 16.4. The molecule has 13 heavy (non-hydrogen) atoms. The van der Waals surface area contributed by atoms with Gasteiger partial charge in [0.1, 0.15) is 0 Å². The zero-order chi connectivity index (χ0) is 10.3. The molecule has 1 N–H and O–H groups in total. The molecule has 0 aliphatic carbocycles. The van der Waals surface area contributed by atoms with Gasteiger partial charge in [-0.25, -0.2) is 0 Å². The van der Waals surface area contributed by atoms with Crippen LogP contribution in [0.1, 0.15) is 39.5 Å². The average Bonchev–Trinajstić information content (AvgIpc) is 2.12. The third kappa shape index (κ3) is 2.94. The van der Waals surface area contributed by atoms with Crippen LogP contribution < -0.4 is 0 Å². The monoisotopic (exact) mass is 185 g/mol. The van der Waals surface area contributed by atoms with Gasteiger partial charge in [0.05, 0.1) is 11.8 Å². The molecule has 0 heterocycles. The first kappa shape index (κ1) is 11.8. The van der Waals surface area contributed by atoms with Crippen LogP contribution in [-0.2, 0) is 4.79 Å². The second-order valence-electron chi connectivity index (χ2n) is 3.12. The number of rotatable bonds is 5. The number of hydrogen-bond acceptors (Lipinski definition) is 2. The number of carboxylic acid groups (broad SMARTS) is 1. The van der Waals surface area contributed by atoms with E-state index in [9.17, 15) is 10.0 Å². The van der Waals surface area contributed by atoms with E-state index in [-0.39, 0.29) is 6.42 Å². The molecule has 0 aromatic rings. The lowest BCUT2D eigenvalue weighted by Gasteiger charge is -2.23. The van der Waals surface area contributed by atoms with Gasteiger partial charge >= 0.3 is 5.97 Å². The lowest BCUT2D eigenvalue weighted by atomic mass is 9.78. The normalized spacial score (nSPS) is 14.0. The molecule has 0 aromatic heterocycles. The van der Waals surface area contributed by atoms with Gasteiger partial charge in [-0.3, -0.25) is 4.79 Å². The van der Waals surface area contributed by atoms with Gasteiger partial charge in [-0.05, 0) is 12.8 Å². The predicted octanol–water partition coefficient (Wildman–Crippen LogP) is 2.49. The van der Waals surface area contributed by atoms with Crippen LogP contribution in [-0.4, -0.2) is 11.1 Å². The van der Waals surface area contributed by atoms with Crippen LogP contribution in [0.15, 0.2) is 0 Å². The Bertz CT molecular complexity index is 229. The summed E-state index contributed by atoms with van der Waals surface area (Å²) in [4.78, 5) is 11.0. The molecule has 0 aliphatic heterocycles. The van der Waals surface area contributed by atoms with E-state index in [2.05, 4.69) is 11.1 Å². The van der Waals surface area contributed by atoms with Gasteiger partial charge in [0.25, 0.3) is 6.07 Å². The summed E-state index contributed by atoms with van der Waals surface area (Å²) in [6.45, 7) is 3.72. The fraction of sp³-hybridized carbons (Fsp3) is 0.778. The molecular weight excluding hydrogens is 170 g/mol. The SMILES string of the molecule is CCCC(CC)(CC#[N+][O-])C(=O)O. The molecule has 0 saturated heterocycles. The Labute approximate surface area is 78.0 Å². The maximum absolute atomic E-state index is 11.0. The van der Waals surface area contributed by atoms with Crippen molar-refractivity contribution in [3.05, 3.63) is 10.2 Å². The zero-order valence-electron chi connectivity index (χ0n) is 8.04. The summed E-state index contributed by atoms with van der Waals surface area (Å²) in [6.07, 6.45) is 1.94. The smallest absolute Gasteiger partial charge is 0.310 e. The van der Waals surface area contributed by atoms with E-state index < -0.39 is 11.4 Å². The molecule has 0 amide bonds. The van der Waals surface area contributed by atoms with Crippen molar-refractivity contribution < 1.29 is 9.90 Å². The summed E-state index contributed by atoms with van der Waals surface area (Å²) < 4.78 is 0. The maximum Gasteiger partial charge on any atom is 0.310 e. The number of carboxylic acids is 1. The van der Waals surface area contributed by atoms with E-state index in [0.717, 1.165) is 6.42 Å². The molecule has 1 unspecified atom stereocenters. The Morgan fingerprint density at radius 1 is 1.62 bits per heavy atom. The summed E-state index contributed by atoms with van der Waals surface area (Å²) in [6, 6.07) is 2.19. The van der Waals surface area contributed by atoms with Crippen molar-refractivity contribution in [2.75, 3.05) is 0 Å². The van der Waals surface area contributed by atoms with E-state index in [4.69, 9.17) is 5.11 Å². The number of aliphatic carboxylic acids is 1. The minimum absolute atomic E-state index is 0.107. The lowest BCUT2D eigenvalue weighted by molar-refractivity contribution is -0.149. The first-order chi connectivity index (χ1) is 6.13. The van der Waals surface area contributed by atoms with Crippen LogP contribution >= 0.6 is 0 Å². The highest BCUT2D eigenvalue weighted by Crippen LogP contribution is 2.32. The van der Waals surface area contributed by atoms with Crippen molar-refractivity contribution in [3.63, 3.8) is 0 Å². The van der Waals surface area contributed by atoms with Gasteiger partial charge in [0, 0.05) is 5.01 Å². The Balaban J connectivity index is 4.60. The predicted molar refractivity (Wildman–Crippen MR) is 50.5 cm³/mol. The molecule has 0 aromatic carbocycles. The quantitative estimate of drug-likeness (QED) is 0.669. The largest absolute Gasteiger partial charge is 0.498 e. The molecule has 0 saturated carbocycles. The van der Waals surface area contributed by atoms with Crippen molar-refractivity contribution >= 4 is 5.97 Å². The summed E-state index contributed by atoms with van der Waals surface area (Å²) in [5, 5.41) is 21.3. The number of hydrogen-bond donors (Lipinski definition) is 1. The standard InChI is InChI=1S/C9H15NO3/c1-3-5-9(4-2,8(11)12)6-7-10-13/h3-6H2,1-2H3,(H,11,12). The van der Waals surface area contributed by atoms with Gasteiger partial charge in [-0.15, -0.1) is 0 Å². The fourth-order valence-electron chi connectivity index (χ4n) is 1.39. The Hall–Kier alpha value is -1.24. The molecule has 0 aliphatic rings. The average molecular weight is 185 g/mol. The van der Waals surface area contributed by atoms with E-state index in [1.165, 1.54) is 0 Å². The van der Waals surface area contributed by atoms with Gasteiger partial charge < -0.3 is 10.3 Å². The van der Waals surface area contributed by atoms with Crippen LogP contribution in [0, 0.1) is 16.7 Å². The second-order valence-corrected chi connectivity index (χ2v) is 3.12. The minimum atomic E-state index is -0.868. The van der Waals surface area contributed by atoms with Crippen molar-refractivity contribution in [1.82, 2.24) is 0 Å². The van der Waals surface area contributed by atoms with E-state index in [1.54, 1.807) is 6.92 Å². The van der Waals surface area contributed by atoms with Crippen LogP contribution in [0.3, 0.4) is 0 Å². The molecular formula is C9H15NO3. The molecule has 74 valence electrons. The van der Waals surface area contributed by atoms with Gasteiger partial charge in [0.15, 0.2) is 0 Å². The summed E-state index contributed by atoms with van der Waals surface area (Å²) in [5.41, 5.74) is -0.845. The first-order valence-corrected chi connectivity index (χ1v) is 4.41. The molecule has 4 heteroatoms. The highest BCUT2D eigenvalue weighted by Gasteiger charge is 2.36. The van der Waals surface area contributed by atoms with Crippen LogP contribution in [0.5, 0.6) is 0 Å². The van der Waals surface area contributed by atoms with Gasteiger partial charge in [-0.2, -0.15) is 0 Å². The first-order valence-electron chi connectivity index (χ1n) is 4.41. The molecule has 0 fully saturated rings. The van der Waals surface area contributed by atoms with Gasteiger partial charge in [0.2, 0.25) is 0 Å². The van der Waals surface area contributed by atoms with E-state index in [0.29, 0.717) is 12.8 Å². The van der Waals surface area contributed by atoms with E-state index >= 15 is 0 Å². The molecule has 0 bridgehead atoms. The summed E-state index contributed by atoms with van der Waals surface area (Å²) in [5.74, 6) is -0.868. The van der Waals surface area contributed by atoms with Crippen molar-refractivity contribution in [2.24, 2.45) is 5.41 Å². The number of carbonyl (C=O) groups is 1. The second kappa shape index (κ2) is 5.41. The zero-order valence-corrected chi connectivity index (χ0v) is 8.04. The van der Waals surface area contributed by atoms with Crippen LogP contribution in [0.25, 0.3) is 5.01 Å². The van der Waals surface area contributed by atoms with E-state index in [1.807, 2.05) is 6.92 Å². The molecule has 0 spiro atoms. The Morgan fingerprint density at radius 2 is 2.23 bits per heavy atom. The molecule has 0 rings (SSSR count).